The molecule has 0 spiro atoms. The van der Waals surface area contributed by atoms with E-state index in [0.717, 1.165) is 0 Å². The van der Waals surface area contributed by atoms with Crippen molar-refractivity contribution < 1.29 is 9.90 Å². The largest absolute Gasteiger partial charge is 0.478 e. The van der Waals surface area contributed by atoms with Gasteiger partial charge in [0, 0.05) is 27.4 Å². The van der Waals surface area contributed by atoms with E-state index >= 15 is 0 Å². The summed E-state index contributed by atoms with van der Waals surface area (Å²) in [7, 11) is 0. The lowest BCUT2D eigenvalue weighted by Crippen LogP contribution is -2.04. The average molecular weight is 283 g/mol. The van der Waals surface area contributed by atoms with Gasteiger partial charge in [-0.05, 0) is 24.3 Å². The minimum absolute atomic E-state index is 0.0340. The number of pyridine rings is 1. The van der Waals surface area contributed by atoms with Gasteiger partial charge in [0.05, 0.1) is 5.56 Å². The highest BCUT2D eigenvalue weighted by molar-refractivity contribution is 6.35. The molecule has 0 amide bonds. The molecule has 3 N–H and O–H groups in total. The molecule has 1 aromatic carbocycles. The van der Waals surface area contributed by atoms with Gasteiger partial charge in [-0.3, -0.25) is 0 Å². The molecular weight excluding hydrogens is 275 g/mol. The van der Waals surface area contributed by atoms with Crippen molar-refractivity contribution in [3.63, 3.8) is 0 Å². The monoisotopic (exact) mass is 282 g/mol. The van der Waals surface area contributed by atoms with Gasteiger partial charge in [-0.1, -0.05) is 23.2 Å². The van der Waals surface area contributed by atoms with Crippen LogP contribution >= 0.6 is 23.2 Å². The normalized spacial score (nSPS) is 10.3. The summed E-state index contributed by atoms with van der Waals surface area (Å²) >= 11 is 11.9. The van der Waals surface area contributed by atoms with Gasteiger partial charge in [-0.25, -0.2) is 9.78 Å². The predicted octanol–water partition coefficient (Wildman–Crippen LogP) is 3.34. The number of nitrogen functional groups attached to an aromatic ring is 1. The van der Waals surface area contributed by atoms with Gasteiger partial charge in [-0.2, -0.15) is 0 Å². The molecule has 0 aliphatic heterocycles. The molecule has 0 atom stereocenters. The standard InChI is InChI=1S/C12H8Cl2N2O2/c13-6-1-2-9(14)8(5-6)10-7(12(17)18)3-4-16-11(10)15/h1-5H,(H2,15,16)(H,17,18). The molecule has 4 nitrogen and oxygen atoms in total. The van der Waals surface area contributed by atoms with Gasteiger partial charge in [-0.15, -0.1) is 0 Å². The van der Waals surface area contributed by atoms with E-state index in [9.17, 15) is 4.79 Å². The number of anilines is 1. The van der Waals surface area contributed by atoms with E-state index in [2.05, 4.69) is 4.98 Å². The fourth-order valence-corrected chi connectivity index (χ4v) is 2.01. The number of carboxylic acids is 1. The summed E-state index contributed by atoms with van der Waals surface area (Å²) in [5.41, 5.74) is 6.49. The molecule has 0 bridgehead atoms. The van der Waals surface area contributed by atoms with Gasteiger partial charge >= 0.3 is 5.97 Å². The van der Waals surface area contributed by atoms with Crippen LogP contribution in [0.25, 0.3) is 11.1 Å². The molecule has 2 aromatic rings. The molecule has 0 aliphatic carbocycles. The Balaban J connectivity index is 2.77. The number of hydrogen-bond acceptors (Lipinski definition) is 3. The summed E-state index contributed by atoms with van der Waals surface area (Å²) in [5.74, 6) is -1.01. The van der Waals surface area contributed by atoms with E-state index in [4.69, 9.17) is 34.0 Å². The van der Waals surface area contributed by atoms with Crippen LogP contribution in [0.5, 0.6) is 0 Å². The van der Waals surface area contributed by atoms with Crippen molar-refractivity contribution in [2.24, 2.45) is 0 Å². The first-order chi connectivity index (χ1) is 8.50. The van der Waals surface area contributed by atoms with Crippen LogP contribution in [0.2, 0.25) is 10.0 Å². The smallest absolute Gasteiger partial charge is 0.336 e. The minimum Gasteiger partial charge on any atom is -0.478 e. The summed E-state index contributed by atoms with van der Waals surface area (Å²) < 4.78 is 0. The zero-order valence-corrected chi connectivity index (χ0v) is 10.5. The first kappa shape index (κ1) is 12.7. The van der Waals surface area contributed by atoms with Crippen molar-refractivity contribution in [2.45, 2.75) is 0 Å². The molecule has 2 rings (SSSR count). The Bertz CT molecular complexity index is 629. The average Bonchev–Trinajstić information content (AvgIpc) is 2.32. The Kier molecular flexibility index (Phi) is 3.41. The number of hydrogen-bond donors (Lipinski definition) is 2. The number of aromatic nitrogens is 1. The molecule has 0 aliphatic rings. The number of nitrogens with zero attached hydrogens (tertiary/aromatic N) is 1. The third-order valence-corrected chi connectivity index (χ3v) is 2.97. The Hall–Kier alpha value is -1.78. The van der Waals surface area contributed by atoms with Crippen LogP contribution in [-0.4, -0.2) is 16.1 Å². The Labute approximate surface area is 113 Å². The van der Waals surface area contributed by atoms with Crippen LogP contribution in [0.3, 0.4) is 0 Å². The molecule has 1 heterocycles. The van der Waals surface area contributed by atoms with Crippen LogP contribution in [0.4, 0.5) is 5.82 Å². The topological polar surface area (TPSA) is 76.2 Å². The number of benzene rings is 1. The first-order valence-corrected chi connectivity index (χ1v) is 5.69. The zero-order valence-electron chi connectivity index (χ0n) is 9.02. The molecular formula is C12H8Cl2N2O2. The summed E-state index contributed by atoms with van der Waals surface area (Å²) in [4.78, 5) is 15.1. The van der Waals surface area contributed by atoms with E-state index < -0.39 is 5.97 Å². The van der Waals surface area contributed by atoms with Crippen molar-refractivity contribution >= 4 is 35.0 Å². The highest BCUT2D eigenvalue weighted by atomic mass is 35.5. The summed E-state index contributed by atoms with van der Waals surface area (Å²) in [5, 5.41) is 9.95. The van der Waals surface area contributed by atoms with Crippen LogP contribution in [0, 0.1) is 0 Å². The molecule has 0 saturated carbocycles. The van der Waals surface area contributed by atoms with Crippen molar-refractivity contribution in [2.75, 3.05) is 5.73 Å². The van der Waals surface area contributed by atoms with E-state index in [1.54, 1.807) is 18.2 Å². The van der Waals surface area contributed by atoms with Crippen molar-refractivity contribution in [1.29, 1.82) is 0 Å². The molecule has 0 saturated heterocycles. The maximum Gasteiger partial charge on any atom is 0.336 e. The second kappa shape index (κ2) is 4.84. The lowest BCUT2D eigenvalue weighted by molar-refractivity contribution is 0.0697. The summed E-state index contributed by atoms with van der Waals surface area (Å²) in [6.45, 7) is 0. The number of halogens is 2. The van der Waals surface area contributed by atoms with Gasteiger partial charge in [0.25, 0.3) is 0 Å². The van der Waals surface area contributed by atoms with Crippen LogP contribution < -0.4 is 5.73 Å². The van der Waals surface area contributed by atoms with Gasteiger partial charge in [0.1, 0.15) is 5.82 Å². The van der Waals surface area contributed by atoms with Gasteiger partial charge in [0.2, 0.25) is 0 Å². The fraction of sp³-hybridized carbons (Fsp3) is 0. The van der Waals surface area contributed by atoms with E-state index in [-0.39, 0.29) is 16.9 Å². The molecule has 6 heteroatoms. The Morgan fingerprint density at radius 2 is 2.00 bits per heavy atom. The lowest BCUT2D eigenvalue weighted by Gasteiger charge is -2.10. The Morgan fingerprint density at radius 1 is 1.28 bits per heavy atom. The highest BCUT2D eigenvalue weighted by Gasteiger charge is 2.17. The second-order valence-corrected chi connectivity index (χ2v) is 4.39. The van der Waals surface area contributed by atoms with Gasteiger partial charge in [0.15, 0.2) is 0 Å². The maximum atomic E-state index is 11.2. The van der Waals surface area contributed by atoms with Crippen molar-refractivity contribution in [1.82, 2.24) is 4.98 Å². The summed E-state index contributed by atoms with van der Waals surface area (Å²) in [6.07, 6.45) is 1.33. The zero-order chi connectivity index (χ0) is 13.3. The number of aromatic carboxylic acids is 1. The summed E-state index contributed by atoms with van der Waals surface area (Å²) in [6, 6.07) is 6.12. The number of nitrogens with two attached hydrogens (primary N) is 1. The van der Waals surface area contributed by atoms with Crippen LogP contribution in [-0.2, 0) is 0 Å². The third-order valence-electron chi connectivity index (χ3n) is 2.41. The van der Waals surface area contributed by atoms with Gasteiger partial charge < -0.3 is 10.8 Å². The third kappa shape index (κ3) is 2.25. The minimum atomic E-state index is -1.10. The van der Waals surface area contributed by atoms with Crippen molar-refractivity contribution in [3.8, 4) is 11.1 Å². The van der Waals surface area contributed by atoms with Crippen LogP contribution in [0.15, 0.2) is 30.5 Å². The highest BCUT2D eigenvalue weighted by Crippen LogP contribution is 2.35. The predicted molar refractivity (Wildman–Crippen MR) is 71.1 cm³/mol. The SMILES string of the molecule is Nc1nccc(C(=O)O)c1-c1cc(Cl)ccc1Cl. The van der Waals surface area contributed by atoms with Crippen LogP contribution in [0.1, 0.15) is 10.4 Å². The molecule has 0 unspecified atom stereocenters. The molecule has 92 valence electrons. The maximum absolute atomic E-state index is 11.2. The van der Waals surface area contributed by atoms with Crippen molar-refractivity contribution in [3.05, 3.63) is 46.1 Å². The molecule has 0 fully saturated rings. The number of carbonyl (C=O) groups is 1. The Morgan fingerprint density at radius 3 is 2.67 bits per heavy atom. The number of rotatable bonds is 2. The molecule has 1 aromatic heterocycles. The number of carboxylic acid groups (broad SMARTS) is 1. The van der Waals surface area contributed by atoms with E-state index in [0.29, 0.717) is 15.6 Å². The quantitative estimate of drug-likeness (QED) is 0.886. The van der Waals surface area contributed by atoms with E-state index in [1.807, 2.05) is 0 Å². The molecule has 18 heavy (non-hydrogen) atoms. The second-order valence-electron chi connectivity index (χ2n) is 3.55. The first-order valence-electron chi connectivity index (χ1n) is 4.94. The molecule has 0 radical (unpaired) electrons. The van der Waals surface area contributed by atoms with E-state index in [1.165, 1.54) is 12.3 Å². The fourth-order valence-electron chi connectivity index (χ4n) is 1.63. The lowest BCUT2D eigenvalue weighted by atomic mass is 10.0.